The fourth-order valence-corrected chi connectivity index (χ4v) is 2.32. The molecule has 1 N–H and O–H groups in total. The summed E-state index contributed by atoms with van der Waals surface area (Å²) in [6.07, 6.45) is 1.03. The average molecular weight is 265 g/mol. The van der Waals surface area contributed by atoms with Crippen molar-refractivity contribution in [2.45, 2.75) is 27.2 Å². The molecule has 2 aromatic rings. The number of nitrogens with zero attached hydrogens (tertiary/aromatic N) is 2. The predicted octanol–water partition coefficient (Wildman–Crippen LogP) is 3.55. The monoisotopic (exact) mass is 265 g/mol. The van der Waals surface area contributed by atoms with Crippen molar-refractivity contribution in [3.8, 4) is 5.88 Å². The van der Waals surface area contributed by atoms with Crippen molar-refractivity contribution in [2.24, 2.45) is 5.92 Å². The Bertz CT molecular complexity index is 510. The Morgan fingerprint density at radius 3 is 2.94 bits per heavy atom. The summed E-state index contributed by atoms with van der Waals surface area (Å²) in [5, 5.41) is 6.16. The van der Waals surface area contributed by atoms with E-state index in [2.05, 4.69) is 29.1 Å². The summed E-state index contributed by atoms with van der Waals surface area (Å²) < 4.78 is 5.79. The second kappa shape index (κ2) is 6.00. The SMILES string of the molecule is CCNc1nc(OCCC(C)C)c2ccsc2n1. The highest BCUT2D eigenvalue weighted by Crippen LogP contribution is 2.28. The van der Waals surface area contributed by atoms with Gasteiger partial charge in [-0.25, -0.2) is 4.98 Å². The maximum Gasteiger partial charge on any atom is 0.227 e. The smallest absolute Gasteiger partial charge is 0.227 e. The summed E-state index contributed by atoms with van der Waals surface area (Å²) in [6, 6.07) is 2.01. The molecule has 0 aromatic carbocycles. The molecule has 4 nitrogen and oxygen atoms in total. The number of rotatable bonds is 6. The lowest BCUT2D eigenvalue weighted by atomic mass is 10.1. The van der Waals surface area contributed by atoms with Crippen molar-refractivity contribution >= 4 is 27.5 Å². The third-order valence-electron chi connectivity index (χ3n) is 2.56. The molecular weight excluding hydrogens is 246 g/mol. The van der Waals surface area contributed by atoms with Gasteiger partial charge in [-0.1, -0.05) is 13.8 Å². The van der Waals surface area contributed by atoms with Crippen LogP contribution in [0.1, 0.15) is 27.2 Å². The fourth-order valence-electron chi connectivity index (χ4n) is 1.57. The van der Waals surface area contributed by atoms with Crippen LogP contribution in [0.2, 0.25) is 0 Å². The zero-order chi connectivity index (χ0) is 13.0. The lowest BCUT2D eigenvalue weighted by Crippen LogP contribution is -2.06. The third kappa shape index (κ3) is 3.10. The molecule has 2 rings (SSSR count). The molecule has 2 heterocycles. The lowest BCUT2D eigenvalue weighted by molar-refractivity contribution is 0.283. The van der Waals surface area contributed by atoms with Crippen molar-refractivity contribution in [3.63, 3.8) is 0 Å². The molecule has 0 radical (unpaired) electrons. The number of anilines is 1. The number of fused-ring (bicyclic) bond motifs is 1. The van der Waals surface area contributed by atoms with Gasteiger partial charge in [0, 0.05) is 6.54 Å². The Hall–Kier alpha value is -1.36. The van der Waals surface area contributed by atoms with Crippen LogP contribution >= 0.6 is 11.3 Å². The van der Waals surface area contributed by atoms with Gasteiger partial charge in [-0.3, -0.25) is 0 Å². The van der Waals surface area contributed by atoms with E-state index in [-0.39, 0.29) is 0 Å². The van der Waals surface area contributed by atoms with Crippen LogP contribution in [0.4, 0.5) is 5.95 Å². The van der Waals surface area contributed by atoms with Gasteiger partial charge in [-0.2, -0.15) is 4.98 Å². The Labute approximate surface area is 111 Å². The molecule has 0 saturated heterocycles. The quantitative estimate of drug-likeness (QED) is 0.867. The molecule has 0 fully saturated rings. The van der Waals surface area contributed by atoms with Gasteiger partial charge in [0.15, 0.2) is 0 Å². The Kier molecular flexibility index (Phi) is 4.36. The molecule has 0 aliphatic rings. The van der Waals surface area contributed by atoms with Crippen molar-refractivity contribution < 1.29 is 4.74 Å². The standard InChI is InChI=1S/C13H19N3OS/c1-4-14-13-15-11(17-7-5-9(2)3)10-6-8-18-12(10)16-13/h6,8-9H,4-5,7H2,1-3H3,(H,14,15,16). The molecule has 0 bridgehead atoms. The van der Waals surface area contributed by atoms with Gasteiger partial charge in [0.2, 0.25) is 11.8 Å². The number of aromatic nitrogens is 2. The van der Waals surface area contributed by atoms with Crippen LogP contribution in [0.25, 0.3) is 10.2 Å². The molecule has 98 valence electrons. The number of ether oxygens (including phenoxy) is 1. The van der Waals surface area contributed by atoms with Crippen LogP contribution in [0.15, 0.2) is 11.4 Å². The first-order valence-corrected chi connectivity index (χ1v) is 7.20. The Morgan fingerprint density at radius 1 is 1.39 bits per heavy atom. The first-order chi connectivity index (χ1) is 8.70. The molecule has 5 heteroatoms. The fraction of sp³-hybridized carbons (Fsp3) is 0.538. The van der Waals surface area contributed by atoms with Gasteiger partial charge in [0.1, 0.15) is 4.83 Å². The maximum atomic E-state index is 5.79. The second-order valence-electron chi connectivity index (χ2n) is 4.55. The highest BCUT2D eigenvalue weighted by atomic mass is 32.1. The normalized spacial score (nSPS) is 11.1. The van der Waals surface area contributed by atoms with Gasteiger partial charge in [0.25, 0.3) is 0 Å². The number of hydrogen-bond acceptors (Lipinski definition) is 5. The predicted molar refractivity (Wildman–Crippen MR) is 76.5 cm³/mol. The second-order valence-corrected chi connectivity index (χ2v) is 5.45. The first-order valence-electron chi connectivity index (χ1n) is 6.32. The van der Waals surface area contributed by atoms with Gasteiger partial charge in [0.05, 0.1) is 12.0 Å². The van der Waals surface area contributed by atoms with Gasteiger partial charge < -0.3 is 10.1 Å². The highest BCUT2D eigenvalue weighted by Gasteiger charge is 2.09. The number of thiophene rings is 1. The van der Waals surface area contributed by atoms with E-state index >= 15 is 0 Å². The summed E-state index contributed by atoms with van der Waals surface area (Å²) in [6.45, 7) is 7.91. The highest BCUT2D eigenvalue weighted by molar-refractivity contribution is 7.16. The van der Waals surface area contributed by atoms with E-state index in [1.54, 1.807) is 11.3 Å². The Balaban J connectivity index is 2.20. The minimum atomic E-state index is 0.637. The van der Waals surface area contributed by atoms with E-state index < -0.39 is 0 Å². The Morgan fingerprint density at radius 2 is 2.22 bits per heavy atom. The van der Waals surface area contributed by atoms with Crippen molar-refractivity contribution in [2.75, 3.05) is 18.5 Å². The lowest BCUT2D eigenvalue weighted by Gasteiger charge is -2.09. The van der Waals surface area contributed by atoms with Crippen LogP contribution in [0.5, 0.6) is 5.88 Å². The minimum Gasteiger partial charge on any atom is -0.477 e. The average Bonchev–Trinajstić information content (AvgIpc) is 2.77. The first kappa shape index (κ1) is 13.1. The summed E-state index contributed by atoms with van der Waals surface area (Å²) in [4.78, 5) is 9.84. The largest absolute Gasteiger partial charge is 0.477 e. The van der Waals surface area contributed by atoms with E-state index in [9.17, 15) is 0 Å². The molecule has 2 aromatic heterocycles. The molecule has 0 spiro atoms. The summed E-state index contributed by atoms with van der Waals surface area (Å²) in [7, 11) is 0. The minimum absolute atomic E-state index is 0.637. The zero-order valence-corrected chi connectivity index (χ0v) is 11.9. The summed E-state index contributed by atoms with van der Waals surface area (Å²) in [5.41, 5.74) is 0. The van der Waals surface area contributed by atoms with Gasteiger partial charge in [-0.05, 0) is 30.7 Å². The van der Waals surface area contributed by atoms with Crippen LogP contribution in [-0.2, 0) is 0 Å². The molecule has 18 heavy (non-hydrogen) atoms. The van der Waals surface area contributed by atoms with Crippen LogP contribution in [0, 0.1) is 5.92 Å². The number of nitrogens with one attached hydrogen (secondary N) is 1. The van der Waals surface area contributed by atoms with Crippen molar-refractivity contribution in [1.29, 1.82) is 0 Å². The van der Waals surface area contributed by atoms with Crippen LogP contribution in [0.3, 0.4) is 0 Å². The van der Waals surface area contributed by atoms with Crippen molar-refractivity contribution in [3.05, 3.63) is 11.4 Å². The van der Waals surface area contributed by atoms with Gasteiger partial charge in [-0.15, -0.1) is 11.3 Å². The summed E-state index contributed by atoms with van der Waals surface area (Å²) in [5.74, 6) is 1.97. The maximum absolute atomic E-state index is 5.79. The third-order valence-corrected chi connectivity index (χ3v) is 3.37. The van der Waals surface area contributed by atoms with E-state index in [0.29, 0.717) is 24.4 Å². The molecule has 0 saturated carbocycles. The molecule has 0 amide bonds. The zero-order valence-electron chi connectivity index (χ0n) is 11.1. The summed E-state index contributed by atoms with van der Waals surface area (Å²) >= 11 is 1.61. The molecular formula is C13H19N3OS. The van der Waals surface area contributed by atoms with Crippen LogP contribution in [-0.4, -0.2) is 23.1 Å². The molecule has 0 aliphatic heterocycles. The molecule has 0 atom stereocenters. The molecule has 0 aliphatic carbocycles. The molecule has 0 unspecified atom stereocenters. The number of hydrogen-bond donors (Lipinski definition) is 1. The van der Waals surface area contributed by atoms with Crippen molar-refractivity contribution in [1.82, 2.24) is 9.97 Å². The van der Waals surface area contributed by atoms with E-state index in [4.69, 9.17) is 4.74 Å². The van der Waals surface area contributed by atoms with E-state index in [0.717, 1.165) is 23.2 Å². The van der Waals surface area contributed by atoms with Gasteiger partial charge >= 0.3 is 0 Å². The van der Waals surface area contributed by atoms with E-state index in [1.807, 2.05) is 18.4 Å². The van der Waals surface area contributed by atoms with Crippen LogP contribution < -0.4 is 10.1 Å². The topological polar surface area (TPSA) is 47.0 Å². The van der Waals surface area contributed by atoms with E-state index in [1.165, 1.54) is 0 Å².